The average molecular weight is 292 g/mol. The van der Waals surface area contributed by atoms with E-state index in [1.54, 1.807) is 19.1 Å². The van der Waals surface area contributed by atoms with Crippen molar-refractivity contribution in [2.75, 3.05) is 13.1 Å². The van der Waals surface area contributed by atoms with Gasteiger partial charge in [-0.05, 0) is 57.2 Å². The van der Waals surface area contributed by atoms with Crippen molar-refractivity contribution >= 4 is 5.91 Å². The molecule has 1 fully saturated rings. The highest BCUT2D eigenvalue weighted by molar-refractivity contribution is 5.81. The van der Waals surface area contributed by atoms with Gasteiger partial charge in [0.15, 0.2) is 0 Å². The Bertz CT molecular complexity index is 498. The largest absolute Gasteiger partial charge is 0.341 e. The minimum Gasteiger partial charge on any atom is -0.341 e. The van der Waals surface area contributed by atoms with Crippen molar-refractivity contribution in [3.8, 4) is 0 Å². The van der Waals surface area contributed by atoms with Crippen LogP contribution in [-0.2, 0) is 4.79 Å². The first-order valence-corrected chi connectivity index (χ1v) is 7.80. The van der Waals surface area contributed by atoms with Crippen LogP contribution in [0.4, 0.5) is 4.39 Å². The van der Waals surface area contributed by atoms with E-state index < -0.39 is 0 Å². The quantitative estimate of drug-likeness (QED) is 0.924. The van der Waals surface area contributed by atoms with Crippen molar-refractivity contribution in [3.05, 3.63) is 35.1 Å². The summed E-state index contributed by atoms with van der Waals surface area (Å²) in [4.78, 5) is 14.3. The van der Waals surface area contributed by atoms with Crippen LogP contribution in [0.15, 0.2) is 18.2 Å². The van der Waals surface area contributed by atoms with Gasteiger partial charge in [-0.3, -0.25) is 10.1 Å². The van der Waals surface area contributed by atoms with Gasteiger partial charge in [-0.25, -0.2) is 4.39 Å². The van der Waals surface area contributed by atoms with Crippen LogP contribution < -0.4 is 5.32 Å². The van der Waals surface area contributed by atoms with Crippen LogP contribution in [0.25, 0.3) is 0 Å². The van der Waals surface area contributed by atoms with Gasteiger partial charge in [0.2, 0.25) is 5.91 Å². The molecule has 1 aliphatic heterocycles. The molecule has 2 atom stereocenters. The number of hydrogen-bond acceptors (Lipinski definition) is 2. The molecule has 0 aliphatic carbocycles. The first kappa shape index (κ1) is 16.0. The molecule has 0 aromatic heterocycles. The molecule has 0 radical (unpaired) electrons. The van der Waals surface area contributed by atoms with Gasteiger partial charge in [-0.15, -0.1) is 0 Å². The maximum absolute atomic E-state index is 13.6. The molecule has 4 heteroatoms. The number of nitrogens with zero attached hydrogens (tertiary/aromatic N) is 1. The molecule has 3 nitrogen and oxygen atoms in total. The van der Waals surface area contributed by atoms with E-state index in [-0.39, 0.29) is 23.8 Å². The van der Waals surface area contributed by atoms with Crippen molar-refractivity contribution in [2.24, 2.45) is 0 Å². The number of nitrogens with one attached hydrogen (secondary N) is 1. The van der Waals surface area contributed by atoms with Crippen molar-refractivity contribution in [1.82, 2.24) is 10.2 Å². The second-order valence-electron chi connectivity index (χ2n) is 6.00. The number of hydrogen-bond donors (Lipinski definition) is 1. The predicted octanol–water partition coefficient (Wildman–Crippen LogP) is 3.19. The van der Waals surface area contributed by atoms with E-state index in [0.29, 0.717) is 5.56 Å². The van der Waals surface area contributed by atoms with Crippen LogP contribution >= 0.6 is 0 Å². The first-order valence-electron chi connectivity index (χ1n) is 7.80. The van der Waals surface area contributed by atoms with Crippen LogP contribution in [0.5, 0.6) is 0 Å². The minimum atomic E-state index is -0.248. The highest BCUT2D eigenvalue weighted by atomic mass is 19.1. The molecule has 1 aromatic rings. The second-order valence-corrected chi connectivity index (χ2v) is 6.00. The van der Waals surface area contributed by atoms with Crippen LogP contribution in [0.2, 0.25) is 0 Å². The Morgan fingerprint density at radius 1 is 1.24 bits per heavy atom. The molecule has 0 bridgehead atoms. The van der Waals surface area contributed by atoms with Crippen molar-refractivity contribution in [2.45, 2.75) is 52.1 Å². The Morgan fingerprint density at radius 3 is 2.52 bits per heavy atom. The zero-order valence-electron chi connectivity index (χ0n) is 13.2. The lowest BCUT2D eigenvalue weighted by Gasteiger charge is -2.30. The molecular formula is C17H25FN2O. The van der Waals surface area contributed by atoms with Gasteiger partial charge in [-0.1, -0.05) is 12.1 Å². The van der Waals surface area contributed by atoms with Gasteiger partial charge in [0.25, 0.3) is 0 Å². The Kier molecular flexibility index (Phi) is 5.34. The summed E-state index contributed by atoms with van der Waals surface area (Å²) in [6.45, 7) is 7.32. The van der Waals surface area contributed by atoms with E-state index in [4.69, 9.17) is 0 Å². The third kappa shape index (κ3) is 4.03. The normalized spacial score (nSPS) is 18.4. The van der Waals surface area contributed by atoms with E-state index >= 15 is 0 Å². The maximum Gasteiger partial charge on any atom is 0.239 e. The highest BCUT2D eigenvalue weighted by Crippen LogP contribution is 2.17. The molecule has 1 N–H and O–H groups in total. The summed E-state index contributed by atoms with van der Waals surface area (Å²) < 4.78 is 13.6. The molecular weight excluding hydrogens is 267 g/mol. The summed E-state index contributed by atoms with van der Waals surface area (Å²) in [6, 6.07) is 4.94. The molecule has 1 heterocycles. The molecule has 21 heavy (non-hydrogen) atoms. The van der Waals surface area contributed by atoms with E-state index in [2.05, 4.69) is 5.32 Å². The maximum atomic E-state index is 13.6. The van der Waals surface area contributed by atoms with Gasteiger partial charge in [0, 0.05) is 19.1 Å². The van der Waals surface area contributed by atoms with Gasteiger partial charge < -0.3 is 4.90 Å². The average Bonchev–Trinajstić information content (AvgIpc) is 2.50. The molecule has 2 rings (SSSR count). The van der Waals surface area contributed by atoms with E-state index in [9.17, 15) is 9.18 Å². The second kappa shape index (κ2) is 7.03. The highest BCUT2D eigenvalue weighted by Gasteiger charge is 2.23. The number of carbonyl (C=O) groups excluding carboxylic acids is 1. The number of carbonyl (C=O) groups is 1. The van der Waals surface area contributed by atoms with Gasteiger partial charge >= 0.3 is 0 Å². The zero-order valence-corrected chi connectivity index (χ0v) is 13.2. The summed E-state index contributed by atoms with van der Waals surface area (Å²) in [7, 11) is 0. The van der Waals surface area contributed by atoms with Crippen LogP contribution in [0.1, 0.15) is 50.3 Å². The lowest BCUT2D eigenvalue weighted by molar-refractivity contribution is -0.134. The summed E-state index contributed by atoms with van der Waals surface area (Å²) in [6.07, 6.45) is 3.40. The van der Waals surface area contributed by atoms with E-state index in [0.717, 1.165) is 31.5 Å². The Hall–Kier alpha value is -1.42. The van der Waals surface area contributed by atoms with Crippen molar-refractivity contribution in [1.29, 1.82) is 0 Å². The summed E-state index contributed by atoms with van der Waals surface area (Å²) in [5.74, 6) is -0.0507. The first-order chi connectivity index (χ1) is 9.99. The van der Waals surface area contributed by atoms with E-state index in [1.165, 1.54) is 6.42 Å². The predicted molar refractivity (Wildman–Crippen MR) is 82.6 cm³/mol. The monoisotopic (exact) mass is 292 g/mol. The van der Waals surface area contributed by atoms with Crippen LogP contribution in [0, 0.1) is 12.7 Å². The van der Waals surface area contributed by atoms with Gasteiger partial charge in [0.05, 0.1) is 6.04 Å². The molecule has 0 spiro atoms. The number of likely N-dealkylation sites (tertiary alicyclic amines) is 1. The standard InChI is InChI=1S/C17H25FN2O/c1-12-7-8-15(11-16(12)18)13(2)19-14(3)17(21)20-9-5-4-6-10-20/h7-8,11,13-14,19H,4-6,9-10H2,1-3H3. The fraction of sp³-hybridized carbons (Fsp3) is 0.588. The molecule has 1 aliphatic rings. The molecule has 0 saturated carbocycles. The lowest BCUT2D eigenvalue weighted by atomic mass is 10.0. The minimum absolute atomic E-state index is 0.0520. The van der Waals surface area contributed by atoms with Crippen LogP contribution in [0.3, 0.4) is 0 Å². The molecule has 116 valence electrons. The SMILES string of the molecule is Cc1ccc(C(C)NC(C)C(=O)N2CCCCC2)cc1F. The molecule has 1 aromatic carbocycles. The number of rotatable bonds is 4. The summed E-state index contributed by atoms with van der Waals surface area (Å²) in [5.41, 5.74) is 1.51. The number of halogens is 1. The van der Waals surface area contributed by atoms with E-state index in [1.807, 2.05) is 24.8 Å². The zero-order chi connectivity index (χ0) is 15.4. The third-order valence-corrected chi connectivity index (χ3v) is 4.23. The Balaban J connectivity index is 1.95. The lowest BCUT2D eigenvalue weighted by Crippen LogP contribution is -2.47. The number of aryl methyl sites for hydroxylation is 1. The third-order valence-electron chi connectivity index (χ3n) is 4.23. The number of amides is 1. The summed E-state index contributed by atoms with van der Waals surface area (Å²) in [5, 5.41) is 3.28. The van der Waals surface area contributed by atoms with Crippen LogP contribution in [-0.4, -0.2) is 29.9 Å². The smallest absolute Gasteiger partial charge is 0.239 e. The topological polar surface area (TPSA) is 32.3 Å². The fourth-order valence-electron chi connectivity index (χ4n) is 2.81. The fourth-order valence-corrected chi connectivity index (χ4v) is 2.81. The summed E-state index contributed by atoms with van der Waals surface area (Å²) >= 11 is 0. The van der Waals surface area contributed by atoms with Gasteiger partial charge in [-0.2, -0.15) is 0 Å². The molecule has 1 saturated heterocycles. The molecule has 1 amide bonds. The number of benzene rings is 1. The van der Waals surface area contributed by atoms with Gasteiger partial charge in [0.1, 0.15) is 5.82 Å². The Morgan fingerprint density at radius 2 is 1.90 bits per heavy atom. The molecule has 2 unspecified atom stereocenters. The van der Waals surface area contributed by atoms with Crippen molar-refractivity contribution < 1.29 is 9.18 Å². The Labute approximate surface area is 126 Å². The number of piperidine rings is 1. The van der Waals surface area contributed by atoms with Crippen molar-refractivity contribution in [3.63, 3.8) is 0 Å².